The largest absolute Gasteiger partial charge is 0.325 e. The number of thioether (sulfide) groups is 1. The first kappa shape index (κ1) is 20.1. The quantitative estimate of drug-likeness (QED) is 0.537. The van der Waals surface area contributed by atoms with Gasteiger partial charge in [0.05, 0.1) is 16.9 Å². The van der Waals surface area contributed by atoms with E-state index < -0.39 is 0 Å². The Bertz CT molecular complexity index is 845. The monoisotopic (exact) mass is 396 g/mol. The van der Waals surface area contributed by atoms with Crippen LogP contribution in [-0.2, 0) is 4.79 Å². The van der Waals surface area contributed by atoms with E-state index in [1.165, 1.54) is 22.2 Å². The third-order valence-corrected chi connectivity index (χ3v) is 5.88. The van der Waals surface area contributed by atoms with Crippen molar-refractivity contribution >= 4 is 35.2 Å². The van der Waals surface area contributed by atoms with E-state index >= 15 is 0 Å². The molecule has 6 heteroatoms. The lowest BCUT2D eigenvalue weighted by Crippen LogP contribution is -2.32. The number of rotatable bonds is 8. The molecule has 1 atom stereocenters. The number of nitrogens with zero attached hydrogens (tertiary/aromatic N) is 1. The van der Waals surface area contributed by atoms with Gasteiger partial charge in [-0.3, -0.25) is 19.3 Å². The van der Waals surface area contributed by atoms with Gasteiger partial charge in [-0.15, -0.1) is 0 Å². The minimum Gasteiger partial charge on any atom is -0.325 e. The molecule has 3 rings (SSSR count). The number of nitrogens with one attached hydrogen (secondary N) is 1. The molecule has 0 spiro atoms. The maximum Gasteiger partial charge on any atom is 0.261 e. The number of amides is 3. The summed E-state index contributed by atoms with van der Waals surface area (Å²) in [5.41, 5.74) is 2.95. The van der Waals surface area contributed by atoms with Crippen molar-refractivity contribution in [2.24, 2.45) is 0 Å². The van der Waals surface area contributed by atoms with Crippen molar-refractivity contribution in [3.05, 3.63) is 65.2 Å². The molecule has 0 aromatic heterocycles. The first-order chi connectivity index (χ1) is 13.5. The van der Waals surface area contributed by atoms with E-state index in [-0.39, 0.29) is 23.5 Å². The zero-order valence-corrected chi connectivity index (χ0v) is 16.9. The molecule has 1 aliphatic heterocycles. The van der Waals surface area contributed by atoms with Crippen LogP contribution in [0, 0.1) is 0 Å². The fourth-order valence-corrected chi connectivity index (χ4v) is 3.80. The Labute approximate surface area is 169 Å². The molecule has 0 bridgehead atoms. The molecular formula is C22H24N2O3S. The molecule has 5 nitrogen and oxygen atoms in total. The highest BCUT2D eigenvalue weighted by molar-refractivity contribution is 7.99. The first-order valence-corrected chi connectivity index (χ1v) is 10.6. The molecular weight excluding hydrogens is 372 g/mol. The molecule has 1 aliphatic rings. The first-order valence-electron chi connectivity index (χ1n) is 9.44. The van der Waals surface area contributed by atoms with Gasteiger partial charge in [-0.2, -0.15) is 11.8 Å². The van der Waals surface area contributed by atoms with E-state index in [4.69, 9.17) is 0 Å². The maximum absolute atomic E-state index is 12.3. The van der Waals surface area contributed by atoms with E-state index in [9.17, 15) is 14.4 Å². The highest BCUT2D eigenvalue weighted by Gasteiger charge is 2.34. The van der Waals surface area contributed by atoms with Gasteiger partial charge in [-0.25, -0.2) is 0 Å². The average molecular weight is 397 g/mol. The summed E-state index contributed by atoms with van der Waals surface area (Å²) in [5, 5.41) is 2.88. The Morgan fingerprint density at radius 2 is 1.64 bits per heavy atom. The number of benzene rings is 2. The van der Waals surface area contributed by atoms with Crippen molar-refractivity contribution in [1.29, 1.82) is 0 Å². The van der Waals surface area contributed by atoms with E-state index in [1.807, 2.05) is 24.3 Å². The lowest BCUT2D eigenvalue weighted by Gasteiger charge is -2.13. The van der Waals surface area contributed by atoms with E-state index in [1.54, 1.807) is 24.3 Å². The lowest BCUT2D eigenvalue weighted by atomic mass is 9.99. The minimum atomic E-state index is -0.257. The minimum absolute atomic E-state index is 0.0938. The Balaban J connectivity index is 1.43. The molecule has 0 saturated carbocycles. The van der Waals surface area contributed by atoms with Crippen LogP contribution in [0.15, 0.2) is 48.5 Å². The smallest absolute Gasteiger partial charge is 0.261 e. The summed E-state index contributed by atoms with van der Waals surface area (Å²) in [5.74, 6) is 0.687. The number of fused-ring (bicyclic) bond motifs is 1. The number of anilines is 1. The Hall–Kier alpha value is -2.60. The molecule has 2 aromatic carbocycles. The van der Waals surface area contributed by atoms with Crippen molar-refractivity contribution < 1.29 is 14.4 Å². The zero-order chi connectivity index (χ0) is 20.1. The second-order valence-corrected chi connectivity index (χ2v) is 7.94. The van der Waals surface area contributed by atoms with Crippen molar-refractivity contribution in [1.82, 2.24) is 4.90 Å². The van der Waals surface area contributed by atoms with Crippen molar-refractivity contribution in [3.8, 4) is 0 Å². The van der Waals surface area contributed by atoms with Crippen molar-refractivity contribution in [2.75, 3.05) is 23.4 Å². The maximum atomic E-state index is 12.3. The van der Waals surface area contributed by atoms with Crippen molar-refractivity contribution in [2.45, 2.75) is 26.2 Å². The molecule has 0 fully saturated rings. The summed E-state index contributed by atoms with van der Waals surface area (Å²) < 4.78 is 0. The molecule has 0 unspecified atom stereocenters. The lowest BCUT2D eigenvalue weighted by molar-refractivity contribution is -0.113. The van der Waals surface area contributed by atoms with Crippen LogP contribution >= 0.6 is 11.8 Å². The van der Waals surface area contributed by atoms with Gasteiger partial charge in [0.15, 0.2) is 0 Å². The predicted molar refractivity (Wildman–Crippen MR) is 113 cm³/mol. The van der Waals surface area contributed by atoms with Gasteiger partial charge in [-0.1, -0.05) is 38.1 Å². The normalized spacial score (nSPS) is 14.1. The van der Waals surface area contributed by atoms with Crippen LogP contribution in [0.1, 0.15) is 52.5 Å². The van der Waals surface area contributed by atoms with Crippen LogP contribution in [-0.4, -0.2) is 40.7 Å². The molecule has 0 radical (unpaired) electrons. The van der Waals surface area contributed by atoms with Gasteiger partial charge in [0, 0.05) is 18.0 Å². The summed E-state index contributed by atoms with van der Waals surface area (Å²) in [7, 11) is 0. The van der Waals surface area contributed by atoms with Gasteiger partial charge in [0.25, 0.3) is 11.8 Å². The summed E-state index contributed by atoms with van der Waals surface area (Å²) >= 11 is 1.40. The number of imide groups is 1. The van der Waals surface area contributed by atoms with Crippen LogP contribution in [0.4, 0.5) is 5.69 Å². The zero-order valence-electron chi connectivity index (χ0n) is 16.1. The Kier molecular flexibility index (Phi) is 6.52. The summed E-state index contributed by atoms with van der Waals surface area (Å²) in [4.78, 5) is 37.9. The van der Waals surface area contributed by atoms with Gasteiger partial charge >= 0.3 is 0 Å². The van der Waals surface area contributed by atoms with Gasteiger partial charge < -0.3 is 5.32 Å². The fraction of sp³-hybridized carbons (Fsp3) is 0.318. The van der Waals surface area contributed by atoms with Crippen LogP contribution < -0.4 is 5.32 Å². The summed E-state index contributed by atoms with van der Waals surface area (Å²) in [6.45, 7) is 4.63. The predicted octanol–water partition coefficient (Wildman–Crippen LogP) is 4.17. The third-order valence-electron chi connectivity index (χ3n) is 4.95. The van der Waals surface area contributed by atoms with Gasteiger partial charge in [-0.05, 0) is 42.2 Å². The molecule has 0 aliphatic carbocycles. The van der Waals surface area contributed by atoms with Crippen LogP contribution in [0.2, 0.25) is 0 Å². The van der Waals surface area contributed by atoms with Crippen LogP contribution in [0.3, 0.4) is 0 Å². The average Bonchev–Trinajstić information content (AvgIpc) is 2.96. The number of carbonyl (C=O) groups excluding carboxylic acids is 3. The standard InChI is InChI=1S/C22H24N2O3S/c1-3-15(2)16-8-10-17(11-9-16)23-20(25)14-28-13-12-24-21(26)18-6-4-5-7-19(18)22(24)27/h4-11,15H,3,12-14H2,1-2H3,(H,23,25)/t15-/m0/s1. The summed E-state index contributed by atoms with van der Waals surface area (Å²) in [6, 6.07) is 14.8. The number of carbonyl (C=O) groups is 3. The fourth-order valence-electron chi connectivity index (χ4n) is 3.09. The van der Waals surface area contributed by atoms with E-state index in [0.717, 1.165) is 12.1 Å². The SMILES string of the molecule is CC[C@H](C)c1ccc(NC(=O)CSCCN2C(=O)c3ccccc3C2=O)cc1. The highest BCUT2D eigenvalue weighted by atomic mass is 32.2. The number of hydrogen-bond donors (Lipinski definition) is 1. The number of hydrogen-bond acceptors (Lipinski definition) is 4. The molecule has 2 aromatic rings. The highest BCUT2D eigenvalue weighted by Crippen LogP contribution is 2.23. The Morgan fingerprint density at radius 1 is 1.04 bits per heavy atom. The second kappa shape index (κ2) is 9.06. The molecule has 28 heavy (non-hydrogen) atoms. The molecule has 0 saturated heterocycles. The van der Waals surface area contributed by atoms with Gasteiger partial charge in [0.1, 0.15) is 0 Å². The van der Waals surface area contributed by atoms with Crippen LogP contribution in [0.25, 0.3) is 0 Å². The molecule has 146 valence electrons. The molecule has 1 N–H and O–H groups in total. The third kappa shape index (κ3) is 4.44. The summed E-state index contributed by atoms with van der Waals surface area (Å²) in [6.07, 6.45) is 1.08. The van der Waals surface area contributed by atoms with Crippen LogP contribution in [0.5, 0.6) is 0 Å². The topological polar surface area (TPSA) is 66.5 Å². The Morgan fingerprint density at radius 3 is 2.21 bits per heavy atom. The molecule has 3 amide bonds. The van der Waals surface area contributed by atoms with Crippen molar-refractivity contribution in [3.63, 3.8) is 0 Å². The van der Waals surface area contributed by atoms with Gasteiger partial charge in [0.2, 0.25) is 5.91 Å². The van der Waals surface area contributed by atoms with E-state index in [2.05, 4.69) is 19.2 Å². The van der Waals surface area contributed by atoms with E-state index in [0.29, 0.717) is 29.3 Å². The molecule has 1 heterocycles. The second-order valence-electron chi connectivity index (χ2n) is 6.84.